The Hall–Kier alpha value is -1.51. The SMILES string of the molecule is FC1(F)N2C(F)(F)C(F)(C1(F)F)C(F)(F)C1(F)C(F)(F)C(F)(F)C(F)(F)C(F)(F)C(F)(F)C21F. The Labute approximate surface area is 169 Å². The van der Waals surface area contributed by atoms with Crippen molar-refractivity contribution in [1.82, 2.24) is 4.90 Å². The Morgan fingerprint density at radius 1 is 0.265 bits per heavy atom. The average Bonchev–Trinajstić information content (AvgIpc) is 2.69. The van der Waals surface area contributed by atoms with E-state index in [1.165, 1.54) is 0 Å². The van der Waals surface area contributed by atoms with Gasteiger partial charge in [-0.15, -0.1) is 4.90 Å². The Morgan fingerprint density at radius 3 is 0.971 bits per heavy atom. The second-order valence-corrected chi connectivity index (χ2v) is 7.38. The van der Waals surface area contributed by atoms with Crippen LogP contribution in [0.2, 0.25) is 0 Å². The molecule has 0 spiro atoms. The highest BCUT2D eigenvalue weighted by Gasteiger charge is 3.17. The summed E-state index contributed by atoms with van der Waals surface area (Å²) >= 11 is 0. The molecule has 1 saturated carbocycles. The monoisotopic (exact) mass is 557 g/mol. The van der Waals surface area contributed by atoms with E-state index in [4.69, 9.17) is 0 Å². The van der Waals surface area contributed by atoms with Crippen molar-refractivity contribution in [2.24, 2.45) is 0 Å². The van der Waals surface area contributed by atoms with E-state index >= 15 is 4.39 Å². The van der Waals surface area contributed by atoms with Crippen LogP contribution < -0.4 is 0 Å². The normalized spacial score (nSPS) is 47.4. The van der Waals surface area contributed by atoms with Crippen molar-refractivity contribution in [2.45, 2.75) is 70.7 Å². The summed E-state index contributed by atoms with van der Waals surface area (Å²) in [5.41, 5.74) is -17.5. The highest BCUT2D eigenvalue weighted by molar-refractivity contribution is 5.43. The standard InChI is InChI=1S/C12F21N/c13-1-3(15,16)2(14)5(19,20)12(32,33)34(11(2,30)31)10(1,29)9(27,28)8(25,26)7(23,24)6(21,22)4(1,17)18. The van der Waals surface area contributed by atoms with Crippen LogP contribution in [-0.2, 0) is 0 Å². The molecule has 34 heavy (non-hydrogen) atoms. The number of alkyl halides is 21. The van der Waals surface area contributed by atoms with Crippen LogP contribution in [0.3, 0.4) is 0 Å². The van der Waals surface area contributed by atoms with Gasteiger partial charge >= 0.3 is 59.2 Å². The quantitative estimate of drug-likeness (QED) is 0.260. The van der Waals surface area contributed by atoms with Gasteiger partial charge in [-0.1, -0.05) is 0 Å². The van der Waals surface area contributed by atoms with Gasteiger partial charge in [-0.3, -0.25) is 0 Å². The molecule has 22 heteroatoms. The van der Waals surface area contributed by atoms with Gasteiger partial charge in [0.05, 0.1) is 0 Å². The van der Waals surface area contributed by atoms with Crippen LogP contribution in [0.15, 0.2) is 0 Å². The maximum Gasteiger partial charge on any atom is 0.384 e. The second-order valence-electron chi connectivity index (χ2n) is 7.38. The Bertz CT molecular complexity index is 936. The average molecular weight is 557 g/mol. The van der Waals surface area contributed by atoms with Crippen LogP contribution in [-0.4, -0.2) is 75.6 Å². The maximum absolute atomic E-state index is 15.0. The lowest BCUT2D eigenvalue weighted by Gasteiger charge is -2.57. The van der Waals surface area contributed by atoms with E-state index in [9.17, 15) is 87.8 Å². The summed E-state index contributed by atoms with van der Waals surface area (Å²) < 4.78 is 294. The fraction of sp³-hybridized carbons (Fsp3) is 1.00. The number of hydrogen-bond acceptors (Lipinski definition) is 1. The lowest BCUT2D eigenvalue weighted by atomic mass is 9.67. The molecule has 4 unspecified atom stereocenters. The Balaban J connectivity index is 2.77. The second kappa shape index (κ2) is 5.42. The van der Waals surface area contributed by atoms with Crippen molar-refractivity contribution in [3.05, 3.63) is 0 Å². The Kier molecular flexibility index (Phi) is 4.32. The molecule has 0 aromatic rings. The molecular formula is C12F21N. The zero-order chi connectivity index (χ0) is 27.6. The van der Waals surface area contributed by atoms with Crippen molar-refractivity contribution in [3.63, 3.8) is 0 Å². The fourth-order valence-corrected chi connectivity index (χ4v) is 4.02. The van der Waals surface area contributed by atoms with Gasteiger partial charge in [0.2, 0.25) is 0 Å². The lowest BCUT2D eigenvalue weighted by molar-refractivity contribution is -0.493. The molecule has 3 aliphatic rings. The van der Waals surface area contributed by atoms with Crippen molar-refractivity contribution >= 4 is 0 Å². The first-order chi connectivity index (χ1) is 14.4. The van der Waals surface area contributed by atoms with Crippen molar-refractivity contribution in [3.8, 4) is 0 Å². The number of hydrogen-bond donors (Lipinski definition) is 0. The van der Waals surface area contributed by atoms with Gasteiger partial charge in [-0.2, -0.15) is 79.0 Å². The van der Waals surface area contributed by atoms with Crippen LogP contribution >= 0.6 is 0 Å². The molecule has 2 heterocycles. The van der Waals surface area contributed by atoms with E-state index in [1.807, 2.05) is 0 Å². The van der Waals surface area contributed by atoms with Gasteiger partial charge < -0.3 is 0 Å². The van der Waals surface area contributed by atoms with Crippen LogP contribution in [0, 0.1) is 0 Å². The molecule has 3 rings (SSSR count). The topological polar surface area (TPSA) is 3.24 Å². The fourth-order valence-electron chi connectivity index (χ4n) is 4.02. The molecule has 0 N–H and O–H groups in total. The lowest BCUT2D eigenvalue weighted by Crippen LogP contribution is -2.91. The summed E-state index contributed by atoms with van der Waals surface area (Å²) in [7, 11) is 0. The zero-order valence-electron chi connectivity index (χ0n) is 14.4. The molecule has 1 nitrogen and oxygen atoms in total. The summed E-state index contributed by atoms with van der Waals surface area (Å²) in [6.07, 6.45) is 0. The van der Waals surface area contributed by atoms with Crippen LogP contribution in [0.4, 0.5) is 92.2 Å². The summed E-state index contributed by atoms with van der Waals surface area (Å²) in [4.78, 5) is -4.59. The zero-order valence-corrected chi connectivity index (χ0v) is 14.4. The molecule has 4 atom stereocenters. The number of nitrogens with zero attached hydrogens (tertiary/aromatic N) is 1. The summed E-state index contributed by atoms with van der Waals surface area (Å²) in [6, 6.07) is -16.3. The summed E-state index contributed by atoms with van der Waals surface area (Å²) in [5, 5.41) is 0. The molecule has 200 valence electrons. The molecule has 1 aliphatic carbocycles. The van der Waals surface area contributed by atoms with E-state index in [1.54, 1.807) is 0 Å². The summed E-state index contributed by atoms with van der Waals surface area (Å²) in [5.74, 6) is -70.4. The van der Waals surface area contributed by atoms with Gasteiger partial charge in [0.15, 0.2) is 0 Å². The van der Waals surface area contributed by atoms with E-state index in [0.717, 1.165) is 0 Å². The molecule has 0 amide bonds. The highest BCUT2D eigenvalue weighted by atomic mass is 19.4. The molecule has 0 aromatic heterocycles. The molecule has 2 aliphatic heterocycles. The van der Waals surface area contributed by atoms with Gasteiger partial charge in [-0.25, -0.2) is 13.2 Å². The van der Waals surface area contributed by atoms with Crippen LogP contribution in [0.5, 0.6) is 0 Å². The predicted molar refractivity (Wildman–Crippen MR) is 57.9 cm³/mol. The minimum Gasteiger partial charge on any atom is -0.224 e. The van der Waals surface area contributed by atoms with E-state index in [0.29, 0.717) is 0 Å². The molecule has 2 bridgehead atoms. The molecule has 3 fully saturated rings. The minimum absolute atomic E-state index is 4.59. The van der Waals surface area contributed by atoms with E-state index < -0.39 is 75.6 Å². The minimum atomic E-state index is -9.08. The molecule has 2 saturated heterocycles. The number of fused-ring (bicyclic) bond motifs is 4. The third-order valence-corrected chi connectivity index (χ3v) is 5.84. The van der Waals surface area contributed by atoms with Crippen LogP contribution in [0.1, 0.15) is 0 Å². The first-order valence-electron chi connectivity index (χ1n) is 7.64. The first kappa shape index (κ1) is 27.1. The third kappa shape index (κ3) is 1.71. The Morgan fingerprint density at radius 2 is 0.588 bits per heavy atom. The van der Waals surface area contributed by atoms with Crippen LogP contribution in [0.25, 0.3) is 0 Å². The van der Waals surface area contributed by atoms with Crippen molar-refractivity contribution < 1.29 is 92.2 Å². The molecular weight excluding hydrogens is 557 g/mol. The summed E-state index contributed by atoms with van der Waals surface area (Å²) in [6.45, 7) is 0. The highest BCUT2D eigenvalue weighted by Crippen LogP contribution is 2.83. The maximum atomic E-state index is 15.0. The van der Waals surface area contributed by atoms with Gasteiger partial charge in [0.25, 0.3) is 11.5 Å². The third-order valence-electron chi connectivity index (χ3n) is 5.84. The number of piperidine rings is 1. The van der Waals surface area contributed by atoms with Gasteiger partial charge in [0.1, 0.15) is 0 Å². The number of halogens is 21. The van der Waals surface area contributed by atoms with E-state index in [-0.39, 0.29) is 0 Å². The van der Waals surface area contributed by atoms with Crippen molar-refractivity contribution in [1.29, 1.82) is 0 Å². The first-order valence-corrected chi connectivity index (χ1v) is 7.64. The van der Waals surface area contributed by atoms with Gasteiger partial charge in [-0.05, 0) is 0 Å². The molecule has 0 radical (unpaired) electrons. The van der Waals surface area contributed by atoms with E-state index in [2.05, 4.69) is 0 Å². The smallest absolute Gasteiger partial charge is 0.224 e. The molecule has 0 aromatic carbocycles. The largest absolute Gasteiger partial charge is 0.384 e. The predicted octanol–water partition coefficient (Wildman–Crippen LogP) is 6.04. The van der Waals surface area contributed by atoms with Crippen molar-refractivity contribution in [2.75, 3.05) is 0 Å². The van der Waals surface area contributed by atoms with Gasteiger partial charge in [0, 0.05) is 0 Å². The number of rotatable bonds is 0.